The fourth-order valence-electron chi connectivity index (χ4n) is 4.86. The van der Waals surface area contributed by atoms with Crippen LogP contribution in [0.25, 0.3) is 38.2 Å². The van der Waals surface area contributed by atoms with Crippen molar-refractivity contribution in [3.05, 3.63) is 87.0 Å². The van der Waals surface area contributed by atoms with Crippen molar-refractivity contribution in [2.24, 2.45) is 0 Å². The number of hydrogen-bond donors (Lipinski definition) is 1. The van der Waals surface area contributed by atoms with Gasteiger partial charge < -0.3 is 10.5 Å². The first-order chi connectivity index (χ1) is 19.8. The molecule has 0 aliphatic carbocycles. The lowest BCUT2D eigenvalue weighted by Gasteiger charge is -2.18. The van der Waals surface area contributed by atoms with Gasteiger partial charge in [-0.1, -0.05) is 41.9 Å². The lowest BCUT2D eigenvalue weighted by Crippen LogP contribution is -2.20. The first kappa shape index (κ1) is 26.4. The zero-order valence-corrected chi connectivity index (χ0v) is 23.8. The Morgan fingerprint density at radius 3 is 2.61 bits per heavy atom. The molecule has 0 radical (unpaired) electrons. The van der Waals surface area contributed by atoms with E-state index in [1.54, 1.807) is 22.3 Å². The molecule has 5 aromatic heterocycles. The van der Waals surface area contributed by atoms with Gasteiger partial charge in [0.2, 0.25) is 5.88 Å². The normalized spacial score (nSPS) is 12.2. The fourth-order valence-corrected chi connectivity index (χ4v) is 6.02. The number of nitrogen functional groups attached to an aromatic ring is 1. The number of nitriles is 1. The molecule has 204 valence electrons. The summed E-state index contributed by atoms with van der Waals surface area (Å²) in [6, 6.07) is 14.8. The number of aromatic nitrogens is 6. The van der Waals surface area contributed by atoms with Crippen LogP contribution in [0, 0.1) is 11.3 Å². The molecule has 0 spiro atoms. The van der Waals surface area contributed by atoms with E-state index in [2.05, 4.69) is 21.0 Å². The summed E-state index contributed by atoms with van der Waals surface area (Å²) in [5, 5.41) is 17.3. The molecule has 0 aliphatic heterocycles. The van der Waals surface area contributed by atoms with Crippen LogP contribution in [0.15, 0.2) is 65.2 Å². The van der Waals surface area contributed by atoms with Crippen LogP contribution >= 0.6 is 22.9 Å². The van der Waals surface area contributed by atoms with Crippen molar-refractivity contribution >= 4 is 44.6 Å². The van der Waals surface area contributed by atoms with Crippen LogP contribution in [0.3, 0.4) is 0 Å². The predicted molar refractivity (Wildman–Crippen MR) is 159 cm³/mol. The Bertz CT molecular complexity index is 2040. The number of nitrogens with two attached hydrogens (primary N) is 1. The number of nitrogens with zero attached hydrogens (tertiary/aromatic N) is 7. The molecule has 5 heterocycles. The highest BCUT2D eigenvalue weighted by Gasteiger charge is 2.26. The number of ether oxygens (including phenoxy) is 1. The van der Waals surface area contributed by atoms with Gasteiger partial charge in [0.25, 0.3) is 5.56 Å². The summed E-state index contributed by atoms with van der Waals surface area (Å²) in [5.41, 5.74) is 9.89. The summed E-state index contributed by atoms with van der Waals surface area (Å²) in [7, 11) is 0. The third-order valence-electron chi connectivity index (χ3n) is 6.69. The van der Waals surface area contributed by atoms with Crippen LogP contribution < -0.4 is 16.0 Å². The molecule has 0 fully saturated rings. The Kier molecular flexibility index (Phi) is 6.65. The molecule has 0 unspecified atom stereocenters. The Hall–Kier alpha value is -4.79. The van der Waals surface area contributed by atoms with Crippen molar-refractivity contribution < 1.29 is 4.74 Å². The second-order valence-corrected chi connectivity index (χ2v) is 10.9. The van der Waals surface area contributed by atoms with Gasteiger partial charge in [0.1, 0.15) is 39.5 Å². The first-order valence-corrected chi connectivity index (χ1v) is 14.0. The van der Waals surface area contributed by atoms with E-state index in [0.717, 1.165) is 11.1 Å². The molecule has 2 N–H and O–H groups in total. The van der Waals surface area contributed by atoms with E-state index in [1.807, 2.05) is 57.2 Å². The highest BCUT2D eigenvalue weighted by atomic mass is 35.5. The average Bonchev–Trinajstić information content (AvgIpc) is 3.54. The number of hydrogen-bond acceptors (Lipinski definition) is 9. The fraction of sp³-hybridized carbons (Fsp3) is 0.172. The zero-order valence-electron chi connectivity index (χ0n) is 22.2. The molecule has 0 amide bonds. The van der Waals surface area contributed by atoms with Gasteiger partial charge in [-0.05, 0) is 44.0 Å². The van der Waals surface area contributed by atoms with Gasteiger partial charge in [0.05, 0.1) is 23.1 Å². The molecule has 0 aliphatic rings. The molecule has 41 heavy (non-hydrogen) atoms. The standard InChI is InChI=1S/C29H23ClN8O2S/c1-15(2)40-28-18(11-31)9-19(12-33-28)25-24-26(32)34-14-35-27(24)38(36-25)16(3)20-10-22-37(21(30)13-41-22)29(39)23(20)17-7-5-4-6-8-17/h4-10,12-16H,1-3H3,(H2,32,34,35)/t16-/m0/s1. The molecule has 0 bridgehead atoms. The van der Waals surface area contributed by atoms with E-state index in [9.17, 15) is 10.1 Å². The smallest absolute Gasteiger partial charge is 0.265 e. The number of anilines is 1. The van der Waals surface area contributed by atoms with Crippen molar-refractivity contribution in [1.29, 1.82) is 5.26 Å². The van der Waals surface area contributed by atoms with Gasteiger partial charge >= 0.3 is 0 Å². The minimum atomic E-state index is -0.457. The molecule has 1 atom stereocenters. The lowest BCUT2D eigenvalue weighted by atomic mass is 9.97. The second-order valence-electron chi connectivity index (χ2n) is 9.66. The van der Waals surface area contributed by atoms with Crippen molar-refractivity contribution in [3.63, 3.8) is 0 Å². The van der Waals surface area contributed by atoms with E-state index >= 15 is 0 Å². The van der Waals surface area contributed by atoms with Crippen LogP contribution in [0.1, 0.15) is 37.9 Å². The molecule has 0 saturated heterocycles. The summed E-state index contributed by atoms with van der Waals surface area (Å²) >= 11 is 7.79. The van der Waals surface area contributed by atoms with Crippen LogP contribution in [-0.2, 0) is 0 Å². The molecule has 12 heteroatoms. The highest BCUT2D eigenvalue weighted by molar-refractivity contribution is 7.16. The van der Waals surface area contributed by atoms with E-state index in [4.69, 9.17) is 27.2 Å². The number of rotatable bonds is 6. The Morgan fingerprint density at radius 1 is 1.10 bits per heavy atom. The molecule has 1 aromatic carbocycles. The lowest BCUT2D eigenvalue weighted by molar-refractivity contribution is 0.232. The van der Waals surface area contributed by atoms with Gasteiger partial charge in [0.15, 0.2) is 5.65 Å². The summed E-state index contributed by atoms with van der Waals surface area (Å²) in [4.78, 5) is 27.7. The summed E-state index contributed by atoms with van der Waals surface area (Å²) in [6.45, 7) is 5.67. The second kappa shape index (κ2) is 10.3. The van der Waals surface area contributed by atoms with Crippen LogP contribution in [0.5, 0.6) is 5.88 Å². The molecule has 6 aromatic rings. The third-order valence-corrected chi connectivity index (χ3v) is 7.98. The largest absolute Gasteiger partial charge is 0.474 e. The average molecular weight is 583 g/mol. The summed E-state index contributed by atoms with van der Waals surface area (Å²) in [6.07, 6.45) is 2.81. The van der Waals surface area contributed by atoms with Gasteiger partial charge in [0, 0.05) is 17.1 Å². The monoisotopic (exact) mass is 582 g/mol. The minimum Gasteiger partial charge on any atom is -0.474 e. The highest BCUT2D eigenvalue weighted by Crippen LogP contribution is 2.37. The first-order valence-electron chi connectivity index (χ1n) is 12.7. The Morgan fingerprint density at radius 2 is 1.88 bits per heavy atom. The number of halogens is 1. The molecule has 6 rings (SSSR count). The van der Waals surface area contributed by atoms with E-state index in [1.165, 1.54) is 22.1 Å². The summed E-state index contributed by atoms with van der Waals surface area (Å²) in [5.74, 6) is 0.469. The Labute approximate surface area is 243 Å². The van der Waals surface area contributed by atoms with Crippen LogP contribution in [0.4, 0.5) is 5.82 Å². The molecule has 0 saturated carbocycles. The van der Waals surface area contributed by atoms with Crippen molar-refractivity contribution in [2.75, 3.05) is 5.73 Å². The van der Waals surface area contributed by atoms with Gasteiger partial charge in [-0.3, -0.25) is 9.20 Å². The minimum absolute atomic E-state index is 0.149. The van der Waals surface area contributed by atoms with E-state index in [-0.39, 0.29) is 28.9 Å². The summed E-state index contributed by atoms with van der Waals surface area (Å²) < 4.78 is 8.92. The maximum Gasteiger partial charge on any atom is 0.265 e. The van der Waals surface area contributed by atoms with Crippen molar-refractivity contribution in [2.45, 2.75) is 32.9 Å². The van der Waals surface area contributed by atoms with Gasteiger partial charge in [-0.2, -0.15) is 10.4 Å². The topological polar surface area (TPSA) is 137 Å². The maximum absolute atomic E-state index is 13.8. The molecular weight excluding hydrogens is 560 g/mol. The number of thiazole rings is 1. The third kappa shape index (κ3) is 4.47. The predicted octanol–water partition coefficient (Wildman–Crippen LogP) is 5.73. The van der Waals surface area contributed by atoms with Crippen LogP contribution in [-0.4, -0.2) is 35.2 Å². The number of fused-ring (bicyclic) bond motifs is 2. The van der Waals surface area contributed by atoms with Crippen LogP contribution in [0.2, 0.25) is 5.15 Å². The Balaban J connectivity index is 1.59. The number of benzene rings is 1. The van der Waals surface area contributed by atoms with Crippen molar-refractivity contribution in [3.8, 4) is 34.3 Å². The quantitative estimate of drug-likeness (QED) is 0.263. The SMILES string of the molecule is CC(C)Oc1ncc(-c2nn([C@@H](C)c3cc4scc(Cl)n4c(=O)c3-c3ccccc3)c3ncnc(N)c23)cc1C#N. The molecular formula is C29H23ClN8O2S. The van der Waals surface area contributed by atoms with Crippen molar-refractivity contribution in [1.82, 2.24) is 29.1 Å². The van der Waals surface area contributed by atoms with Gasteiger partial charge in [-0.15, -0.1) is 11.3 Å². The van der Waals surface area contributed by atoms with E-state index in [0.29, 0.717) is 37.8 Å². The zero-order chi connectivity index (χ0) is 28.8. The maximum atomic E-state index is 13.8. The van der Waals surface area contributed by atoms with E-state index < -0.39 is 6.04 Å². The molecule has 10 nitrogen and oxygen atoms in total. The number of pyridine rings is 2. The van der Waals surface area contributed by atoms with Gasteiger partial charge in [-0.25, -0.2) is 19.6 Å².